The maximum absolute atomic E-state index is 5.52. The van der Waals surface area contributed by atoms with E-state index < -0.39 is 0 Å². The van der Waals surface area contributed by atoms with Crippen molar-refractivity contribution in [1.82, 2.24) is 0 Å². The van der Waals surface area contributed by atoms with Crippen LogP contribution in [-0.4, -0.2) is 12.7 Å². The molecule has 0 radical (unpaired) electrons. The zero-order chi connectivity index (χ0) is 8.97. The molecule has 1 rings (SSSR count). The quantitative estimate of drug-likeness (QED) is 0.588. The lowest BCUT2D eigenvalue weighted by Gasteiger charge is -2.27. The summed E-state index contributed by atoms with van der Waals surface area (Å²) in [6, 6.07) is 0. The third kappa shape index (κ3) is 2.34. The van der Waals surface area contributed by atoms with Crippen molar-refractivity contribution in [2.75, 3.05) is 6.61 Å². The summed E-state index contributed by atoms with van der Waals surface area (Å²) in [5.41, 5.74) is 1.61. The molecule has 0 saturated carbocycles. The van der Waals surface area contributed by atoms with Crippen LogP contribution in [0, 0.1) is 5.92 Å². The lowest BCUT2D eigenvalue weighted by Crippen LogP contribution is -2.24. The van der Waals surface area contributed by atoms with Crippen LogP contribution in [0.3, 0.4) is 0 Å². The first-order valence-electron chi connectivity index (χ1n) is 5.06. The Balaban J connectivity index is 2.44. The van der Waals surface area contributed by atoms with E-state index in [0.29, 0.717) is 12.0 Å². The van der Waals surface area contributed by atoms with Crippen LogP contribution in [0.1, 0.15) is 40.0 Å². The highest BCUT2D eigenvalue weighted by Crippen LogP contribution is 2.25. The molecule has 0 aromatic carbocycles. The molecule has 0 saturated heterocycles. The minimum atomic E-state index is 0.418. The zero-order valence-electron chi connectivity index (χ0n) is 8.47. The highest BCUT2D eigenvalue weighted by atomic mass is 16.5. The highest BCUT2D eigenvalue weighted by Gasteiger charge is 2.19. The molecule has 70 valence electrons. The van der Waals surface area contributed by atoms with Crippen LogP contribution >= 0.6 is 0 Å². The molecular weight excluding hydrogens is 148 g/mol. The van der Waals surface area contributed by atoms with Gasteiger partial charge >= 0.3 is 0 Å². The van der Waals surface area contributed by atoms with E-state index in [2.05, 4.69) is 26.8 Å². The zero-order valence-corrected chi connectivity index (χ0v) is 8.47. The summed E-state index contributed by atoms with van der Waals surface area (Å²) >= 11 is 0. The Kier molecular flexibility index (Phi) is 3.80. The standard InChI is InChI=1S/C11H20O/c1-4-5-6-11-7-8-12-10(3)9(11)2/h7,9-10H,4-6,8H2,1-3H3. The van der Waals surface area contributed by atoms with Crippen molar-refractivity contribution in [3.05, 3.63) is 11.6 Å². The third-order valence-electron chi connectivity index (χ3n) is 2.81. The molecule has 0 aromatic heterocycles. The highest BCUT2D eigenvalue weighted by molar-refractivity contribution is 5.10. The number of hydrogen-bond acceptors (Lipinski definition) is 1. The lowest BCUT2D eigenvalue weighted by molar-refractivity contribution is 0.0458. The van der Waals surface area contributed by atoms with Gasteiger partial charge in [0.25, 0.3) is 0 Å². The van der Waals surface area contributed by atoms with Crippen LogP contribution in [0.15, 0.2) is 11.6 Å². The fraction of sp³-hybridized carbons (Fsp3) is 0.818. The van der Waals surface area contributed by atoms with Crippen LogP contribution in [0.5, 0.6) is 0 Å². The van der Waals surface area contributed by atoms with Crippen LogP contribution in [0.25, 0.3) is 0 Å². The Morgan fingerprint density at radius 1 is 1.50 bits per heavy atom. The van der Waals surface area contributed by atoms with Gasteiger partial charge in [0.1, 0.15) is 0 Å². The van der Waals surface area contributed by atoms with E-state index >= 15 is 0 Å². The van der Waals surface area contributed by atoms with E-state index in [1.807, 2.05) is 0 Å². The van der Waals surface area contributed by atoms with Crippen LogP contribution in [-0.2, 0) is 4.74 Å². The first-order chi connectivity index (χ1) is 5.75. The van der Waals surface area contributed by atoms with Crippen LogP contribution < -0.4 is 0 Å². The molecule has 2 unspecified atom stereocenters. The topological polar surface area (TPSA) is 9.23 Å². The summed E-state index contributed by atoms with van der Waals surface area (Å²) in [6.45, 7) is 7.51. The molecule has 0 amide bonds. The van der Waals surface area contributed by atoms with Gasteiger partial charge in [0.15, 0.2) is 0 Å². The Bertz CT molecular complexity index is 160. The van der Waals surface area contributed by atoms with Gasteiger partial charge in [-0.25, -0.2) is 0 Å². The number of rotatable bonds is 3. The largest absolute Gasteiger partial charge is 0.374 e. The van der Waals surface area contributed by atoms with Gasteiger partial charge in [0.2, 0.25) is 0 Å². The lowest BCUT2D eigenvalue weighted by atomic mass is 9.90. The van der Waals surface area contributed by atoms with Crippen molar-refractivity contribution < 1.29 is 4.74 Å². The Morgan fingerprint density at radius 3 is 2.92 bits per heavy atom. The van der Waals surface area contributed by atoms with Crippen molar-refractivity contribution in [3.63, 3.8) is 0 Å². The van der Waals surface area contributed by atoms with E-state index in [1.165, 1.54) is 19.3 Å². The third-order valence-corrected chi connectivity index (χ3v) is 2.81. The van der Waals surface area contributed by atoms with Crippen LogP contribution in [0.2, 0.25) is 0 Å². The van der Waals surface area contributed by atoms with Gasteiger partial charge in [0, 0.05) is 5.92 Å². The number of ether oxygens (including phenoxy) is 1. The maximum Gasteiger partial charge on any atom is 0.0654 e. The molecule has 1 aliphatic rings. The summed E-state index contributed by atoms with van der Waals surface area (Å²) in [5.74, 6) is 0.630. The van der Waals surface area contributed by atoms with E-state index in [4.69, 9.17) is 4.74 Å². The van der Waals surface area contributed by atoms with Gasteiger partial charge in [-0.05, 0) is 19.8 Å². The average molecular weight is 168 g/mol. The first kappa shape index (κ1) is 9.79. The van der Waals surface area contributed by atoms with Crippen molar-refractivity contribution in [3.8, 4) is 0 Å². The second kappa shape index (κ2) is 4.66. The molecule has 1 heteroatoms. The number of unbranched alkanes of at least 4 members (excludes halogenated alkanes) is 1. The molecule has 0 aromatic rings. The Morgan fingerprint density at radius 2 is 2.25 bits per heavy atom. The molecular formula is C11H20O. The van der Waals surface area contributed by atoms with Gasteiger partial charge in [-0.3, -0.25) is 0 Å². The summed E-state index contributed by atoms with van der Waals surface area (Å²) in [5, 5.41) is 0. The van der Waals surface area contributed by atoms with Gasteiger partial charge in [0.05, 0.1) is 12.7 Å². The van der Waals surface area contributed by atoms with Gasteiger partial charge in [-0.15, -0.1) is 0 Å². The fourth-order valence-corrected chi connectivity index (χ4v) is 1.65. The van der Waals surface area contributed by atoms with E-state index in [0.717, 1.165) is 6.61 Å². The summed E-state index contributed by atoms with van der Waals surface area (Å²) in [7, 11) is 0. The van der Waals surface area contributed by atoms with E-state index in [9.17, 15) is 0 Å². The molecule has 1 aliphatic heterocycles. The van der Waals surface area contributed by atoms with Crippen molar-refractivity contribution in [1.29, 1.82) is 0 Å². The van der Waals surface area contributed by atoms with Crippen LogP contribution in [0.4, 0.5) is 0 Å². The normalized spacial score (nSPS) is 30.1. The van der Waals surface area contributed by atoms with Gasteiger partial charge in [-0.2, -0.15) is 0 Å². The first-order valence-corrected chi connectivity index (χ1v) is 5.06. The summed E-state index contributed by atoms with van der Waals surface area (Å²) in [6.07, 6.45) is 6.57. The summed E-state index contributed by atoms with van der Waals surface area (Å²) < 4.78 is 5.52. The van der Waals surface area contributed by atoms with Crippen molar-refractivity contribution in [2.45, 2.75) is 46.1 Å². The average Bonchev–Trinajstić information content (AvgIpc) is 2.08. The predicted molar refractivity (Wildman–Crippen MR) is 52.2 cm³/mol. The van der Waals surface area contributed by atoms with Crippen molar-refractivity contribution >= 4 is 0 Å². The molecule has 0 N–H and O–H groups in total. The SMILES string of the molecule is CCCCC1=CCOC(C)C1C. The molecule has 0 spiro atoms. The minimum Gasteiger partial charge on any atom is -0.374 e. The number of hydrogen-bond donors (Lipinski definition) is 0. The molecule has 12 heavy (non-hydrogen) atoms. The minimum absolute atomic E-state index is 0.418. The smallest absolute Gasteiger partial charge is 0.0654 e. The van der Waals surface area contributed by atoms with Gasteiger partial charge < -0.3 is 4.74 Å². The van der Waals surface area contributed by atoms with Crippen molar-refractivity contribution in [2.24, 2.45) is 5.92 Å². The molecule has 1 nitrogen and oxygen atoms in total. The Labute approximate surface area is 75.8 Å². The van der Waals surface area contributed by atoms with Gasteiger partial charge in [-0.1, -0.05) is 31.9 Å². The maximum atomic E-state index is 5.52. The summed E-state index contributed by atoms with van der Waals surface area (Å²) in [4.78, 5) is 0. The molecule has 0 aliphatic carbocycles. The molecule has 0 fully saturated rings. The second-order valence-corrected chi connectivity index (χ2v) is 3.71. The molecule has 0 bridgehead atoms. The molecule has 2 atom stereocenters. The molecule has 1 heterocycles. The van der Waals surface area contributed by atoms with E-state index in [-0.39, 0.29) is 0 Å². The monoisotopic (exact) mass is 168 g/mol. The fourth-order valence-electron chi connectivity index (χ4n) is 1.65. The van der Waals surface area contributed by atoms with E-state index in [1.54, 1.807) is 5.57 Å². The predicted octanol–water partition coefficient (Wildman–Crippen LogP) is 3.16. The second-order valence-electron chi connectivity index (χ2n) is 3.71. The Hall–Kier alpha value is -0.300.